The molecule has 0 aromatic heterocycles. The first-order valence-corrected chi connectivity index (χ1v) is 5.55. The molecule has 0 aliphatic carbocycles. The topological polar surface area (TPSA) is 31.0 Å². The lowest BCUT2D eigenvalue weighted by molar-refractivity contribution is -0.225. The molecule has 0 saturated carbocycles. The average Bonchev–Trinajstić information content (AvgIpc) is 3.13. The predicted molar refractivity (Wildman–Crippen MR) is 57.4 cm³/mol. The molecule has 0 radical (unpaired) electrons. The summed E-state index contributed by atoms with van der Waals surface area (Å²) < 4.78 is 66.5. The quantitative estimate of drug-likeness (QED) is 0.614. The van der Waals surface area contributed by atoms with E-state index in [4.69, 9.17) is 14.2 Å². The van der Waals surface area contributed by atoms with Crippen molar-refractivity contribution in [2.24, 2.45) is 0 Å². The molecular weight excluding hydrogens is 268 g/mol. The van der Waals surface area contributed by atoms with Crippen molar-refractivity contribution in [3.63, 3.8) is 0 Å². The second kappa shape index (κ2) is 5.34. The Morgan fingerprint density at radius 3 is 2.58 bits per heavy atom. The molecule has 1 heterocycles. The molecule has 2 rings (SSSR count). The number of methoxy groups -OCH3 is 1. The molecule has 0 spiro atoms. The second-order valence-electron chi connectivity index (χ2n) is 4.10. The van der Waals surface area contributed by atoms with Gasteiger partial charge < -0.3 is 14.2 Å². The standard InChI is InChI=1S/C12H12F4O3/c1-17-7-2-3-9(10(13)4-7)11(12(14,15)16)19-6-8-5-18-8/h2-4,8,11H,5-6H2,1H3. The minimum absolute atomic E-state index is 0.146. The van der Waals surface area contributed by atoms with Gasteiger partial charge in [-0.3, -0.25) is 0 Å². The molecule has 1 aliphatic rings. The Morgan fingerprint density at radius 2 is 2.11 bits per heavy atom. The van der Waals surface area contributed by atoms with E-state index < -0.39 is 23.7 Å². The molecule has 1 aromatic carbocycles. The average molecular weight is 280 g/mol. The van der Waals surface area contributed by atoms with E-state index in [1.807, 2.05) is 0 Å². The van der Waals surface area contributed by atoms with Gasteiger partial charge in [0, 0.05) is 11.6 Å². The van der Waals surface area contributed by atoms with Crippen molar-refractivity contribution in [3.8, 4) is 5.75 Å². The monoisotopic (exact) mass is 280 g/mol. The summed E-state index contributed by atoms with van der Waals surface area (Å²) in [6.45, 7) is 0.158. The van der Waals surface area contributed by atoms with Crippen molar-refractivity contribution in [2.75, 3.05) is 20.3 Å². The van der Waals surface area contributed by atoms with Crippen LogP contribution in [0.5, 0.6) is 5.75 Å². The number of benzene rings is 1. The largest absolute Gasteiger partial charge is 0.497 e. The van der Waals surface area contributed by atoms with Crippen molar-refractivity contribution in [1.29, 1.82) is 0 Å². The van der Waals surface area contributed by atoms with Crippen LogP contribution in [0.2, 0.25) is 0 Å². The van der Waals surface area contributed by atoms with Crippen molar-refractivity contribution in [3.05, 3.63) is 29.6 Å². The highest BCUT2D eigenvalue weighted by Crippen LogP contribution is 2.38. The molecule has 1 saturated heterocycles. The third-order valence-electron chi connectivity index (χ3n) is 2.64. The van der Waals surface area contributed by atoms with Crippen LogP contribution in [0, 0.1) is 5.82 Å². The lowest BCUT2D eigenvalue weighted by Gasteiger charge is -2.21. The Labute approximate surface area is 107 Å². The van der Waals surface area contributed by atoms with Crippen LogP contribution in [0.25, 0.3) is 0 Å². The van der Waals surface area contributed by atoms with Crippen molar-refractivity contribution in [2.45, 2.75) is 18.4 Å². The van der Waals surface area contributed by atoms with E-state index in [1.54, 1.807) is 0 Å². The third kappa shape index (κ3) is 3.57. The number of halogens is 4. The predicted octanol–water partition coefficient (Wildman–Crippen LogP) is 2.85. The highest BCUT2D eigenvalue weighted by Gasteiger charge is 2.44. The molecule has 1 aromatic rings. The molecule has 3 nitrogen and oxygen atoms in total. The molecule has 106 valence electrons. The fourth-order valence-corrected chi connectivity index (χ4v) is 1.58. The van der Waals surface area contributed by atoms with Crippen LogP contribution in [0.4, 0.5) is 17.6 Å². The first-order chi connectivity index (χ1) is 8.91. The number of rotatable bonds is 5. The molecule has 7 heteroatoms. The number of alkyl halides is 3. The third-order valence-corrected chi connectivity index (χ3v) is 2.64. The van der Waals surface area contributed by atoms with Gasteiger partial charge in [-0.25, -0.2) is 4.39 Å². The molecule has 2 unspecified atom stereocenters. The number of hydrogen-bond acceptors (Lipinski definition) is 3. The zero-order valence-electron chi connectivity index (χ0n) is 10.0. The lowest BCUT2D eigenvalue weighted by Crippen LogP contribution is -2.26. The van der Waals surface area contributed by atoms with Gasteiger partial charge in [-0.2, -0.15) is 13.2 Å². The first kappa shape index (κ1) is 14.1. The van der Waals surface area contributed by atoms with Gasteiger partial charge >= 0.3 is 6.18 Å². The second-order valence-corrected chi connectivity index (χ2v) is 4.10. The highest BCUT2D eigenvalue weighted by molar-refractivity contribution is 5.31. The first-order valence-electron chi connectivity index (χ1n) is 5.55. The summed E-state index contributed by atoms with van der Waals surface area (Å²) in [5, 5.41) is 0. The number of hydrogen-bond donors (Lipinski definition) is 0. The fourth-order valence-electron chi connectivity index (χ4n) is 1.58. The maximum Gasteiger partial charge on any atom is 0.418 e. The molecule has 19 heavy (non-hydrogen) atoms. The van der Waals surface area contributed by atoms with E-state index in [0.717, 1.165) is 12.1 Å². The van der Waals surface area contributed by atoms with Gasteiger partial charge in [0.25, 0.3) is 0 Å². The summed E-state index contributed by atoms with van der Waals surface area (Å²) in [6, 6.07) is 3.17. The van der Waals surface area contributed by atoms with Crippen LogP contribution >= 0.6 is 0 Å². The van der Waals surface area contributed by atoms with Crippen LogP contribution in [0.3, 0.4) is 0 Å². The van der Waals surface area contributed by atoms with Crippen LogP contribution in [0.15, 0.2) is 18.2 Å². The Bertz CT molecular complexity index is 443. The van der Waals surface area contributed by atoms with Gasteiger partial charge in [0.05, 0.1) is 20.3 Å². The summed E-state index contributed by atoms with van der Waals surface area (Å²) in [7, 11) is 1.30. The SMILES string of the molecule is COc1ccc(C(OCC2CO2)C(F)(F)F)c(F)c1. The number of ether oxygens (including phenoxy) is 3. The minimum atomic E-state index is -4.69. The molecule has 2 atom stereocenters. The van der Waals surface area contributed by atoms with E-state index >= 15 is 0 Å². The van der Waals surface area contributed by atoms with E-state index in [1.165, 1.54) is 13.2 Å². The maximum atomic E-state index is 13.7. The fraction of sp³-hybridized carbons (Fsp3) is 0.500. The number of epoxide rings is 1. The van der Waals surface area contributed by atoms with Gasteiger partial charge in [0.15, 0.2) is 6.10 Å². The smallest absolute Gasteiger partial charge is 0.418 e. The van der Waals surface area contributed by atoms with Crippen LogP contribution in [0.1, 0.15) is 11.7 Å². The molecule has 1 aliphatic heterocycles. The summed E-state index contributed by atoms with van der Waals surface area (Å²) in [4.78, 5) is 0. The van der Waals surface area contributed by atoms with Gasteiger partial charge in [-0.15, -0.1) is 0 Å². The molecule has 0 N–H and O–H groups in total. The Hall–Kier alpha value is -1.34. The Morgan fingerprint density at radius 1 is 1.42 bits per heavy atom. The molecule has 1 fully saturated rings. The summed E-state index contributed by atoms with van der Waals surface area (Å²) in [5.41, 5.74) is -0.561. The van der Waals surface area contributed by atoms with E-state index in [9.17, 15) is 17.6 Å². The Kier molecular flexibility index (Phi) is 3.96. The van der Waals surface area contributed by atoms with E-state index in [0.29, 0.717) is 6.61 Å². The van der Waals surface area contributed by atoms with Crippen LogP contribution in [-0.2, 0) is 9.47 Å². The highest BCUT2D eigenvalue weighted by atomic mass is 19.4. The molecule has 0 amide bonds. The van der Waals surface area contributed by atoms with E-state index in [-0.39, 0.29) is 18.5 Å². The van der Waals surface area contributed by atoms with Crippen molar-refractivity contribution < 1.29 is 31.8 Å². The minimum Gasteiger partial charge on any atom is -0.497 e. The normalized spacial score (nSPS) is 20.2. The van der Waals surface area contributed by atoms with Crippen molar-refractivity contribution >= 4 is 0 Å². The van der Waals surface area contributed by atoms with Gasteiger partial charge in [-0.1, -0.05) is 0 Å². The van der Waals surface area contributed by atoms with Gasteiger partial charge in [-0.05, 0) is 12.1 Å². The zero-order chi connectivity index (χ0) is 14.0. The van der Waals surface area contributed by atoms with Crippen molar-refractivity contribution in [1.82, 2.24) is 0 Å². The summed E-state index contributed by atoms with van der Waals surface area (Å²) in [5.74, 6) is -0.869. The van der Waals surface area contributed by atoms with Gasteiger partial charge in [0.1, 0.15) is 17.7 Å². The van der Waals surface area contributed by atoms with Crippen LogP contribution < -0.4 is 4.74 Å². The zero-order valence-corrected chi connectivity index (χ0v) is 10.0. The molecular formula is C12H12F4O3. The summed E-state index contributed by atoms with van der Waals surface area (Å²) in [6.07, 6.45) is -7.32. The summed E-state index contributed by atoms with van der Waals surface area (Å²) >= 11 is 0. The maximum absolute atomic E-state index is 13.7. The van der Waals surface area contributed by atoms with E-state index in [2.05, 4.69) is 0 Å². The van der Waals surface area contributed by atoms with Crippen LogP contribution in [-0.4, -0.2) is 32.6 Å². The lowest BCUT2D eigenvalue weighted by atomic mass is 10.1. The van der Waals surface area contributed by atoms with Gasteiger partial charge in [0.2, 0.25) is 0 Å². The Balaban J connectivity index is 2.20. The molecule has 0 bridgehead atoms.